The number of hydrogen-bond acceptors (Lipinski definition) is 6. The van der Waals surface area contributed by atoms with Gasteiger partial charge in [-0.25, -0.2) is 9.99 Å². The fourth-order valence-electron chi connectivity index (χ4n) is 3.36. The Morgan fingerprint density at radius 2 is 2.00 bits per heavy atom. The van der Waals surface area contributed by atoms with Gasteiger partial charge in [0.05, 0.1) is 36.4 Å². The van der Waals surface area contributed by atoms with E-state index in [9.17, 15) is 4.79 Å². The Morgan fingerprint density at radius 3 is 2.64 bits per heavy atom. The number of hydrazone groups is 1. The van der Waals surface area contributed by atoms with Crippen LogP contribution in [0.5, 0.6) is 11.5 Å². The number of carbonyl (C=O) groups excluding carboxylic acids is 1. The molecule has 144 valence electrons. The average molecular weight is 416 g/mol. The van der Waals surface area contributed by atoms with Gasteiger partial charge in [0, 0.05) is 30.4 Å². The number of amides is 1. The molecule has 1 aliphatic heterocycles. The number of thiophene rings is 1. The van der Waals surface area contributed by atoms with Gasteiger partial charge in [0.25, 0.3) is 0 Å². The maximum Gasteiger partial charge on any atom is 0.240 e. The Balaban J connectivity index is 1.79. The lowest BCUT2D eigenvalue weighted by Gasteiger charge is -2.21. The van der Waals surface area contributed by atoms with Crippen LogP contribution < -0.4 is 9.47 Å². The average Bonchev–Trinajstić information content (AvgIpc) is 3.36. The van der Waals surface area contributed by atoms with Gasteiger partial charge in [-0.3, -0.25) is 4.79 Å². The van der Waals surface area contributed by atoms with Crippen molar-refractivity contribution >= 4 is 45.5 Å². The molecule has 0 radical (unpaired) electrons. The minimum absolute atomic E-state index is 0.139. The van der Waals surface area contributed by atoms with E-state index in [4.69, 9.17) is 21.1 Å². The van der Waals surface area contributed by atoms with E-state index in [-0.39, 0.29) is 11.9 Å². The zero-order chi connectivity index (χ0) is 19.8. The number of pyridine rings is 1. The van der Waals surface area contributed by atoms with Gasteiger partial charge in [0.1, 0.15) is 5.15 Å². The van der Waals surface area contributed by atoms with E-state index in [2.05, 4.69) is 10.1 Å². The molecule has 1 atom stereocenters. The van der Waals surface area contributed by atoms with Crippen LogP contribution in [0.25, 0.3) is 10.9 Å². The number of aromatic nitrogens is 1. The van der Waals surface area contributed by atoms with Crippen molar-refractivity contribution in [2.75, 3.05) is 14.2 Å². The van der Waals surface area contributed by atoms with E-state index >= 15 is 0 Å². The highest BCUT2D eigenvalue weighted by atomic mass is 35.5. The van der Waals surface area contributed by atoms with Crippen LogP contribution in [0.2, 0.25) is 5.15 Å². The van der Waals surface area contributed by atoms with Crippen LogP contribution in [0, 0.1) is 0 Å². The highest BCUT2D eigenvalue weighted by Crippen LogP contribution is 2.39. The number of ether oxygens (including phenoxy) is 2. The summed E-state index contributed by atoms with van der Waals surface area (Å²) >= 11 is 8.12. The number of methoxy groups -OCH3 is 2. The molecule has 0 aliphatic carbocycles. The van der Waals surface area contributed by atoms with E-state index in [1.165, 1.54) is 11.9 Å². The Kier molecular flexibility index (Phi) is 4.95. The zero-order valence-corrected chi connectivity index (χ0v) is 17.2. The van der Waals surface area contributed by atoms with Gasteiger partial charge in [0.2, 0.25) is 5.91 Å². The predicted octanol–water partition coefficient (Wildman–Crippen LogP) is 4.66. The summed E-state index contributed by atoms with van der Waals surface area (Å²) in [6.07, 6.45) is 0.584. The number of halogens is 1. The van der Waals surface area contributed by atoms with Crippen LogP contribution >= 0.6 is 22.9 Å². The first-order chi connectivity index (χ1) is 13.5. The number of hydrogen-bond donors (Lipinski definition) is 0. The van der Waals surface area contributed by atoms with Crippen molar-refractivity contribution in [2.45, 2.75) is 19.4 Å². The van der Waals surface area contributed by atoms with Gasteiger partial charge >= 0.3 is 0 Å². The molecule has 0 saturated carbocycles. The number of carbonyl (C=O) groups is 1. The Labute approximate surface area is 171 Å². The van der Waals surface area contributed by atoms with Crippen LogP contribution in [0.3, 0.4) is 0 Å². The maximum absolute atomic E-state index is 12.2. The summed E-state index contributed by atoms with van der Waals surface area (Å²) in [5, 5.41) is 9.23. The predicted molar refractivity (Wildman–Crippen MR) is 111 cm³/mol. The van der Waals surface area contributed by atoms with Crippen molar-refractivity contribution in [3.05, 3.63) is 51.3 Å². The zero-order valence-electron chi connectivity index (χ0n) is 15.6. The minimum Gasteiger partial charge on any atom is -0.493 e. The first-order valence-corrected chi connectivity index (χ1v) is 9.91. The highest BCUT2D eigenvalue weighted by Gasteiger charge is 2.33. The fourth-order valence-corrected chi connectivity index (χ4v) is 4.35. The highest BCUT2D eigenvalue weighted by molar-refractivity contribution is 7.12. The number of rotatable bonds is 4. The molecule has 2 aromatic heterocycles. The van der Waals surface area contributed by atoms with Crippen LogP contribution in [-0.2, 0) is 4.79 Å². The molecule has 3 aromatic rings. The Hall–Kier alpha value is -2.64. The van der Waals surface area contributed by atoms with Crippen molar-refractivity contribution in [3.63, 3.8) is 0 Å². The van der Waals surface area contributed by atoms with Crippen molar-refractivity contribution < 1.29 is 14.3 Å². The second kappa shape index (κ2) is 7.41. The van der Waals surface area contributed by atoms with Gasteiger partial charge in [-0.15, -0.1) is 11.3 Å². The Bertz CT molecular complexity index is 1080. The summed E-state index contributed by atoms with van der Waals surface area (Å²) in [7, 11) is 3.16. The third kappa shape index (κ3) is 3.21. The molecule has 0 spiro atoms. The van der Waals surface area contributed by atoms with E-state index in [1.807, 2.05) is 29.6 Å². The molecule has 0 unspecified atom stereocenters. The topological polar surface area (TPSA) is 64.0 Å². The monoisotopic (exact) mass is 415 g/mol. The molecule has 28 heavy (non-hydrogen) atoms. The lowest BCUT2D eigenvalue weighted by Crippen LogP contribution is -2.24. The van der Waals surface area contributed by atoms with Crippen LogP contribution in [0.1, 0.15) is 29.8 Å². The van der Waals surface area contributed by atoms with E-state index in [1.54, 1.807) is 31.6 Å². The SMILES string of the molecule is COc1cc2cc([C@H]3CC(c4cccs4)=NN3C(C)=O)c(Cl)nc2cc1OC. The standard InChI is InChI=1S/C20H18ClN3O3S/c1-11(25)24-16(9-15(23-24)19-5-4-6-28-19)13-7-12-8-17(26-2)18(27-3)10-14(12)22-20(13)21/h4-8,10,16H,9H2,1-3H3/t16-/m1/s1. The summed E-state index contributed by atoms with van der Waals surface area (Å²) in [5.74, 6) is 1.05. The fraction of sp³-hybridized carbons (Fsp3) is 0.250. The third-order valence-electron chi connectivity index (χ3n) is 4.70. The second-order valence-corrected chi connectivity index (χ2v) is 7.68. The van der Waals surface area contributed by atoms with Crippen molar-refractivity contribution in [2.24, 2.45) is 5.10 Å². The largest absolute Gasteiger partial charge is 0.493 e. The van der Waals surface area contributed by atoms with Crippen molar-refractivity contribution in [3.8, 4) is 11.5 Å². The Morgan fingerprint density at radius 1 is 1.25 bits per heavy atom. The van der Waals surface area contributed by atoms with E-state index < -0.39 is 0 Å². The molecule has 0 saturated heterocycles. The van der Waals surface area contributed by atoms with Crippen LogP contribution in [-0.4, -0.2) is 35.8 Å². The number of benzene rings is 1. The van der Waals surface area contributed by atoms with E-state index in [0.717, 1.165) is 21.5 Å². The molecule has 1 aliphatic rings. The van der Waals surface area contributed by atoms with Gasteiger partial charge in [0.15, 0.2) is 11.5 Å². The molecule has 0 N–H and O–H groups in total. The van der Waals surface area contributed by atoms with Gasteiger partial charge in [-0.05, 0) is 23.6 Å². The first-order valence-electron chi connectivity index (χ1n) is 8.65. The van der Waals surface area contributed by atoms with Crippen LogP contribution in [0.15, 0.2) is 40.8 Å². The summed E-state index contributed by atoms with van der Waals surface area (Å²) < 4.78 is 10.7. The van der Waals surface area contributed by atoms with Crippen LogP contribution in [0.4, 0.5) is 0 Å². The maximum atomic E-state index is 12.2. The first kappa shape index (κ1) is 18.7. The summed E-state index contributed by atoms with van der Waals surface area (Å²) in [4.78, 5) is 17.8. The summed E-state index contributed by atoms with van der Waals surface area (Å²) in [6, 6.07) is 9.26. The lowest BCUT2D eigenvalue weighted by atomic mass is 10.0. The normalized spacial score (nSPS) is 16.4. The molecule has 1 aromatic carbocycles. The summed E-state index contributed by atoms with van der Waals surface area (Å²) in [6.45, 7) is 1.50. The molecule has 0 fully saturated rings. The molecule has 0 bridgehead atoms. The minimum atomic E-state index is -0.299. The van der Waals surface area contributed by atoms with Crippen molar-refractivity contribution in [1.82, 2.24) is 9.99 Å². The molecular weight excluding hydrogens is 398 g/mol. The smallest absolute Gasteiger partial charge is 0.240 e. The number of fused-ring (bicyclic) bond motifs is 1. The van der Waals surface area contributed by atoms with Crippen molar-refractivity contribution in [1.29, 1.82) is 0 Å². The molecule has 3 heterocycles. The third-order valence-corrected chi connectivity index (χ3v) is 5.92. The van der Waals surface area contributed by atoms with Gasteiger partial charge in [-0.2, -0.15) is 5.10 Å². The lowest BCUT2D eigenvalue weighted by molar-refractivity contribution is -0.130. The molecule has 4 rings (SSSR count). The number of nitrogens with zero attached hydrogens (tertiary/aromatic N) is 3. The molecular formula is C20H18ClN3O3S. The molecule has 8 heteroatoms. The summed E-state index contributed by atoms with van der Waals surface area (Å²) in [5.41, 5.74) is 2.32. The van der Waals surface area contributed by atoms with Gasteiger partial charge < -0.3 is 9.47 Å². The molecule has 6 nitrogen and oxygen atoms in total. The molecule has 1 amide bonds. The van der Waals surface area contributed by atoms with E-state index in [0.29, 0.717) is 28.6 Å². The van der Waals surface area contributed by atoms with Gasteiger partial charge in [-0.1, -0.05) is 17.7 Å². The second-order valence-electron chi connectivity index (χ2n) is 6.38. The quantitative estimate of drug-likeness (QED) is 0.581.